The Hall–Kier alpha value is -6.51. The Kier molecular flexibility index (Phi) is 10.6. The summed E-state index contributed by atoms with van der Waals surface area (Å²) < 4.78 is 0. The van der Waals surface area contributed by atoms with Crippen LogP contribution in [0.1, 0.15) is 48.6 Å². The van der Waals surface area contributed by atoms with Gasteiger partial charge in [0.1, 0.15) is 5.84 Å². The lowest BCUT2D eigenvalue weighted by Gasteiger charge is -2.24. The van der Waals surface area contributed by atoms with Gasteiger partial charge in [0, 0.05) is 11.0 Å². The van der Waals surface area contributed by atoms with Crippen LogP contribution in [0.5, 0.6) is 0 Å². The molecule has 1 aliphatic carbocycles. The highest BCUT2D eigenvalue weighted by atomic mass is 14.9. The van der Waals surface area contributed by atoms with E-state index >= 15 is 0 Å². The molecular weight excluding hydrogens is 653 g/mol. The van der Waals surface area contributed by atoms with E-state index in [0.717, 1.165) is 16.8 Å². The normalized spacial score (nSPS) is 12.9. The summed E-state index contributed by atoms with van der Waals surface area (Å²) in [4.78, 5) is 4.97. The monoisotopic (exact) mass is 698 g/mol. The Labute approximate surface area is 320 Å². The van der Waals surface area contributed by atoms with Crippen molar-refractivity contribution in [1.82, 2.24) is 0 Å². The van der Waals surface area contributed by atoms with Gasteiger partial charge in [-0.15, -0.1) is 6.58 Å². The van der Waals surface area contributed by atoms with E-state index in [-0.39, 0.29) is 5.41 Å². The Morgan fingerprint density at radius 3 is 1.83 bits per heavy atom. The first kappa shape index (κ1) is 35.9. The molecule has 0 unspecified atom stereocenters. The fourth-order valence-electron chi connectivity index (χ4n) is 7.54. The highest BCUT2D eigenvalue weighted by molar-refractivity contribution is 6.00. The average Bonchev–Trinajstić information content (AvgIpc) is 3.46. The second kappa shape index (κ2) is 16.0. The summed E-state index contributed by atoms with van der Waals surface area (Å²) in [5, 5.41) is 0. The zero-order chi connectivity index (χ0) is 37.5. The van der Waals surface area contributed by atoms with Gasteiger partial charge in [-0.1, -0.05) is 196 Å². The SMILES string of the molecule is C=CC.CC1(C)c2ccccc2-c2cccc(-c3cccc(-c4cccc(C/C=C(\N=C(N)c5ccccc5)c5ccc(-c6ccccc6)cc5)c4)c3)c21. The molecule has 7 aromatic carbocycles. The van der Waals surface area contributed by atoms with Gasteiger partial charge >= 0.3 is 0 Å². The van der Waals surface area contributed by atoms with Crippen LogP contribution in [0.4, 0.5) is 0 Å². The van der Waals surface area contributed by atoms with E-state index < -0.39 is 0 Å². The molecule has 2 nitrogen and oxygen atoms in total. The molecule has 0 fully saturated rings. The van der Waals surface area contributed by atoms with E-state index in [1.807, 2.05) is 43.3 Å². The molecule has 0 amide bonds. The summed E-state index contributed by atoms with van der Waals surface area (Å²) in [5.41, 5.74) is 23.3. The minimum Gasteiger partial charge on any atom is -0.383 e. The molecule has 0 atom stereocenters. The van der Waals surface area contributed by atoms with Gasteiger partial charge in [-0.2, -0.15) is 0 Å². The van der Waals surface area contributed by atoms with Gasteiger partial charge in [0.05, 0.1) is 5.70 Å². The molecule has 0 heterocycles. The molecule has 1 aliphatic rings. The number of nitrogens with two attached hydrogens (primary N) is 1. The molecule has 0 radical (unpaired) electrons. The molecule has 264 valence electrons. The highest BCUT2D eigenvalue weighted by Gasteiger charge is 2.37. The minimum atomic E-state index is -0.0727. The fourth-order valence-corrected chi connectivity index (χ4v) is 7.54. The smallest absolute Gasteiger partial charge is 0.131 e. The second-order valence-electron chi connectivity index (χ2n) is 14.2. The lowest BCUT2D eigenvalue weighted by atomic mass is 9.78. The molecular formula is C52H46N2. The van der Waals surface area contributed by atoms with Crippen molar-refractivity contribution in [2.24, 2.45) is 10.7 Å². The molecule has 0 aliphatic heterocycles. The van der Waals surface area contributed by atoms with E-state index in [0.29, 0.717) is 12.3 Å². The molecule has 7 aromatic rings. The second-order valence-corrected chi connectivity index (χ2v) is 14.2. The zero-order valence-electron chi connectivity index (χ0n) is 31.3. The predicted molar refractivity (Wildman–Crippen MR) is 231 cm³/mol. The predicted octanol–water partition coefficient (Wildman–Crippen LogP) is 13.2. The van der Waals surface area contributed by atoms with Crippen LogP contribution in [0.15, 0.2) is 200 Å². The third kappa shape index (κ3) is 7.51. The van der Waals surface area contributed by atoms with E-state index in [1.54, 1.807) is 6.08 Å². The fraction of sp³-hybridized carbons (Fsp3) is 0.0962. The van der Waals surface area contributed by atoms with Gasteiger partial charge in [0.25, 0.3) is 0 Å². The third-order valence-electron chi connectivity index (χ3n) is 10.1. The van der Waals surface area contributed by atoms with Gasteiger partial charge in [0.15, 0.2) is 0 Å². The van der Waals surface area contributed by atoms with Crippen LogP contribution >= 0.6 is 0 Å². The number of benzene rings is 7. The number of hydrogen-bond acceptors (Lipinski definition) is 1. The Balaban J connectivity index is 0.00000145. The van der Waals surface area contributed by atoms with Crippen molar-refractivity contribution in [3.63, 3.8) is 0 Å². The summed E-state index contributed by atoms with van der Waals surface area (Å²) in [6, 6.07) is 62.4. The number of hydrogen-bond donors (Lipinski definition) is 1. The van der Waals surface area contributed by atoms with Gasteiger partial charge < -0.3 is 5.73 Å². The lowest BCUT2D eigenvalue weighted by Crippen LogP contribution is -2.16. The Morgan fingerprint density at radius 1 is 0.556 bits per heavy atom. The summed E-state index contributed by atoms with van der Waals surface area (Å²) in [5.74, 6) is 0.498. The van der Waals surface area contributed by atoms with Gasteiger partial charge in [-0.3, -0.25) is 0 Å². The van der Waals surface area contributed by atoms with Crippen LogP contribution in [0.3, 0.4) is 0 Å². The van der Waals surface area contributed by atoms with E-state index in [2.05, 4.69) is 166 Å². The van der Waals surface area contributed by atoms with E-state index in [9.17, 15) is 0 Å². The number of amidine groups is 1. The molecule has 0 saturated carbocycles. The van der Waals surface area contributed by atoms with Crippen molar-refractivity contribution < 1.29 is 0 Å². The number of allylic oxidation sites excluding steroid dienone is 2. The molecule has 0 saturated heterocycles. The summed E-state index contributed by atoms with van der Waals surface area (Å²) >= 11 is 0. The molecule has 0 spiro atoms. The molecule has 2 N–H and O–H groups in total. The Bertz CT molecular complexity index is 2450. The first-order chi connectivity index (χ1) is 26.4. The number of fused-ring (bicyclic) bond motifs is 3. The summed E-state index contributed by atoms with van der Waals surface area (Å²) in [7, 11) is 0. The number of rotatable bonds is 8. The maximum Gasteiger partial charge on any atom is 0.131 e. The topological polar surface area (TPSA) is 38.4 Å². The first-order valence-corrected chi connectivity index (χ1v) is 18.6. The maximum absolute atomic E-state index is 6.57. The van der Waals surface area contributed by atoms with Crippen LogP contribution in [0, 0.1) is 0 Å². The van der Waals surface area contributed by atoms with Gasteiger partial charge in [0.2, 0.25) is 0 Å². The number of aliphatic imine (C=N–C) groups is 1. The number of nitrogens with zero attached hydrogens (tertiary/aromatic N) is 1. The largest absolute Gasteiger partial charge is 0.383 e. The van der Waals surface area contributed by atoms with E-state index in [4.69, 9.17) is 10.7 Å². The molecule has 54 heavy (non-hydrogen) atoms. The van der Waals surface area contributed by atoms with Crippen molar-refractivity contribution in [3.8, 4) is 44.5 Å². The van der Waals surface area contributed by atoms with E-state index in [1.165, 1.54) is 61.2 Å². The minimum absolute atomic E-state index is 0.0727. The standard InChI is InChI=1S/C49H40N2.C3H6/c1-49(2)45-25-10-9-22-43(45)44-24-13-23-42(47(44)49)41-21-12-20-40(33-41)39-19-11-14-34(32-39)26-31-46(51-48(50)38-17-7-4-8-18-38)37-29-27-36(28-30-37)35-15-5-3-6-16-35;1-3-2/h3-25,27-33H,26H2,1-2H3,(H2,50,51);3H,1H2,2H3/b46-31-;. The third-order valence-corrected chi connectivity index (χ3v) is 10.1. The maximum atomic E-state index is 6.57. The zero-order valence-corrected chi connectivity index (χ0v) is 31.3. The first-order valence-electron chi connectivity index (χ1n) is 18.6. The van der Waals surface area contributed by atoms with Crippen LogP contribution in [0.25, 0.3) is 50.2 Å². The lowest BCUT2D eigenvalue weighted by molar-refractivity contribution is 0.662. The molecule has 2 heteroatoms. The summed E-state index contributed by atoms with van der Waals surface area (Å²) in [6.07, 6.45) is 4.66. The molecule has 0 aromatic heterocycles. The molecule has 0 bridgehead atoms. The molecule has 8 rings (SSSR count). The van der Waals surface area contributed by atoms with Crippen molar-refractivity contribution in [2.75, 3.05) is 0 Å². The van der Waals surface area contributed by atoms with Crippen LogP contribution in [-0.4, -0.2) is 5.84 Å². The van der Waals surface area contributed by atoms with Crippen molar-refractivity contribution in [3.05, 3.63) is 222 Å². The van der Waals surface area contributed by atoms with Crippen molar-refractivity contribution >= 4 is 11.5 Å². The van der Waals surface area contributed by atoms with Gasteiger partial charge in [-0.25, -0.2) is 4.99 Å². The van der Waals surface area contributed by atoms with Gasteiger partial charge in [-0.05, 0) is 86.2 Å². The van der Waals surface area contributed by atoms with Crippen LogP contribution in [0.2, 0.25) is 0 Å². The van der Waals surface area contributed by atoms with Crippen LogP contribution in [-0.2, 0) is 11.8 Å². The highest BCUT2D eigenvalue weighted by Crippen LogP contribution is 2.52. The summed E-state index contributed by atoms with van der Waals surface area (Å²) in [6.45, 7) is 9.96. The Morgan fingerprint density at radius 2 is 1.09 bits per heavy atom. The van der Waals surface area contributed by atoms with Crippen LogP contribution < -0.4 is 5.73 Å². The van der Waals surface area contributed by atoms with Crippen molar-refractivity contribution in [1.29, 1.82) is 0 Å². The van der Waals surface area contributed by atoms with Crippen molar-refractivity contribution in [2.45, 2.75) is 32.6 Å². The quantitative estimate of drug-likeness (QED) is 0.0957. The average molecular weight is 699 g/mol.